The van der Waals surface area contributed by atoms with E-state index in [9.17, 15) is 9.18 Å². The first-order valence-electron chi connectivity index (χ1n) is 7.79. The minimum atomic E-state index is -0.299. The highest BCUT2D eigenvalue weighted by atomic mass is 35.5. The molecule has 1 saturated heterocycles. The molecule has 0 radical (unpaired) electrons. The van der Waals surface area contributed by atoms with Gasteiger partial charge in [0, 0.05) is 43.7 Å². The van der Waals surface area contributed by atoms with E-state index in [0.29, 0.717) is 18.7 Å². The molecular formula is C18H18ClFN2OS. The zero-order chi connectivity index (χ0) is 16.9. The summed E-state index contributed by atoms with van der Waals surface area (Å²) >= 11 is 7.55. The topological polar surface area (TPSA) is 23.6 Å². The highest BCUT2D eigenvalue weighted by molar-refractivity contribution is 7.16. The Balaban J connectivity index is 1.49. The number of nitrogens with zero attached hydrogens (tertiary/aromatic N) is 2. The van der Waals surface area contributed by atoms with E-state index >= 15 is 0 Å². The van der Waals surface area contributed by atoms with Crippen LogP contribution in [-0.2, 0) is 11.3 Å². The zero-order valence-electron chi connectivity index (χ0n) is 13.1. The van der Waals surface area contributed by atoms with Crippen molar-refractivity contribution in [3.63, 3.8) is 0 Å². The number of rotatable bonds is 4. The van der Waals surface area contributed by atoms with Crippen LogP contribution in [0.4, 0.5) is 4.39 Å². The summed E-state index contributed by atoms with van der Waals surface area (Å²) in [5.74, 6) is -0.329. The molecule has 1 aromatic carbocycles. The predicted molar refractivity (Wildman–Crippen MR) is 96.6 cm³/mol. The molecule has 1 amide bonds. The van der Waals surface area contributed by atoms with Gasteiger partial charge in [-0.1, -0.05) is 23.7 Å². The summed E-state index contributed by atoms with van der Waals surface area (Å²) in [4.78, 5) is 17.6. The second-order valence-electron chi connectivity index (χ2n) is 5.70. The Morgan fingerprint density at radius 1 is 1.21 bits per heavy atom. The molecule has 126 valence electrons. The number of carbonyl (C=O) groups is 1. The molecule has 2 heterocycles. The van der Waals surface area contributed by atoms with Crippen molar-refractivity contribution in [1.29, 1.82) is 0 Å². The molecule has 1 fully saturated rings. The highest BCUT2D eigenvalue weighted by Crippen LogP contribution is 2.23. The third-order valence-corrected chi connectivity index (χ3v) is 5.18. The molecule has 0 aliphatic carbocycles. The minimum absolute atomic E-state index is 0.0296. The zero-order valence-corrected chi connectivity index (χ0v) is 14.7. The van der Waals surface area contributed by atoms with Crippen molar-refractivity contribution in [3.8, 4) is 0 Å². The summed E-state index contributed by atoms with van der Waals surface area (Å²) in [6.07, 6.45) is 3.18. The van der Waals surface area contributed by atoms with E-state index in [0.717, 1.165) is 24.0 Å². The Hall–Kier alpha value is -1.69. The van der Waals surface area contributed by atoms with Gasteiger partial charge in [-0.15, -0.1) is 11.3 Å². The van der Waals surface area contributed by atoms with Crippen molar-refractivity contribution < 1.29 is 9.18 Å². The number of halogens is 2. The van der Waals surface area contributed by atoms with Crippen molar-refractivity contribution in [2.45, 2.75) is 6.54 Å². The normalized spacial score (nSPS) is 16.0. The van der Waals surface area contributed by atoms with Gasteiger partial charge in [0.1, 0.15) is 5.82 Å². The van der Waals surface area contributed by atoms with Crippen LogP contribution in [0.5, 0.6) is 0 Å². The summed E-state index contributed by atoms with van der Waals surface area (Å²) in [7, 11) is 0. The van der Waals surface area contributed by atoms with E-state index in [1.165, 1.54) is 23.1 Å². The molecule has 3 rings (SSSR count). The molecule has 6 heteroatoms. The lowest BCUT2D eigenvalue weighted by atomic mass is 10.2. The van der Waals surface area contributed by atoms with Crippen LogP contribution in [0.1, 0.15) is 10.4 Å². The second-order valence-corrected chi connectivity index (χ2v) is 7.50. The molecule has 0 unspecified atom stereocenters. The number of piperazine rings is 1. The van der Waals surface area contributed by atoms with Gasteiger partial charge in [-0.3, -0.25) is 9.69 Å². The third-order valence-electron chi connectivity index (χ3n) is 3.96. The van der Waals surface area contributed by atoms with Gasteiger partial charge < -0.3 is 4.90 Å². The largest absolute Gasteiger partial charge is 0.337 e. The van der Waals surface area contributed by atoms with Gasteiger partial charge in [0.15, 0.2) is 0 Å². The van der Waals surface area contributed by atoms with Crippen LogP contribution in [0.25, 0.3) is 6.08 Å². The van der Waals surface area contributed by atoms with E-state index in [2.05, 4.69) is 4.90 Å². The maximum absolute atomic E-state index is 13.1. The highest BCUT2D eigenvalue weighted by Gasteiger charge is 2.19. The lowest BCUT2D eigenvalue weighted by molar-refractivity contribution is -0.127. The fourth-order valence-corrected chi connectivity index (χ4v) is 3.80. The van der Waals surface area contributed by atoms with E-state index in [-0.39, 0.29) is 11.7 Å². The van der Waals surface area contributed by atoms with Gasteiger partial charge in [0.25, 0.3) is 0 Å². The number of hydrogen-bond donors (Lipinski definition) is 0. The number of benzene rings is 1. The number of hydrogen-bond acceptors (Lipinski definition) is 3. The average Bonchev–Trinajstić information content (AvgIpc) is 2.98. The van der Waals surface area contributed by atoms with Crippen molar-refractivity contribution in [1.82, 2.24) is 9.80 Å². The van der Waals surface area contributed by atoms with Crippen LogP contribution in [0.2, 0.25) is 4.34 Å². The number of thiophene rings is 1. The van der Waals surface area contributed by atoms with Crippen molar-refractivity contribution in [2.24, 2.45) is 0 Å². The van der Waals surface area contributed by atoms with Gasteiger partial charge in [-0.2, -0.15) is 0 Å². The van der Waals surface area contributed by atoms with Crippen LogP contribution < -0.4 is 0 Å². The summed E-state index contributed by atoms with van der Waals surface area (Å²) < 4.78 is 13.9. The molecule has 0 spiro atoms. The van der Waals surface area contributed by atoms with Crippen molar-refractivity contribution in [3.05, 3.63) is 63.1 Å². The van der Waals surface area contributed by atoms with E-state index < -0.39 is 0 Å². The van der Waals surface area contributed by atoms with E-state index in [1.807, 2.05) is 17.0 Å². The van der Waals surface area contributed by atoms with Crippen LogP contribution in [0, 0.1) is 5.82 Å². The van der Waals surface area contributed by atoms with Crippen LogP contribution >= 0.6 is 22.9 Å². The fraction of sp³-hybridized carbons (Fsp3) is 0.278. The average molecular weight is 365 g/mol. The molecule has 0 bridgehead atoms. The van der Waals surface area contributed by atoms with Crippen LogP contribution in [-0.4, -0.2) is 41.9 Å². The van der Waals surface area contributed by atoms with E-state index in [4.69, 9.17) is 11.6 Å². The van der Waals surface area contributed by atoms with Gasteiger partial charge in [0.05, 0.1) is 4.34 Å². The summed E-state index contributed by atoms with van der Waals surface area (Å²) in [6.45, 7) is 3.96. The molecule has 1 aromatic heterocycles. The lowest BCUT2D eigenvalue weighted by Crippen LogP contribution is -2.47. The smallest absolute Gasteiger partial charge is 0.246 e. The van der Waals surface area contributed by atoms with E-state index in [1.54, 1.807) is 29.5 Å². The van der Waals surface area contributed by atoms with Crippen molar-refractivity contribution in [2.75, 3.05) is 26.2 Å². The Kier molecular flexibility index (Phi) is 5.66. The van der Waals surface area contributed by atoms with Crippen molar-refractivity contribution >= 4 is 34.9 Å². The monoisotopic (exact) mass is 364 g/mol. The first-order valence-corrected chi connectivity index (χ1v) is 8.99. The van der Waals surface area contributed by atoms with Gasteiger partial charge in [-0.05, 0) is 35.9 Å². The number of carbonyl (C=O) groups excluding carboxylic acids is 1. The molecular weight excluding hydrogens is 347 g/mol. The SMILES string of the molecule is O=C(/C=C/c1cccc(F)c1)N1CCN(Cc2ccc(Cl)s2)CC1. The molecule has 3 nitrogen and oxygen atoms in total. The molecule has 2 aromatic rings. The second kappa shape index (κ2) is 7.92. The first-order chi connectivity index (χ1) is 11.6. The molecule has 0 atom stereocenters. The number of amides is 1. The fourth-order valence-electron chi connectivity index (χ4n) is 2.67. The molecule has 1 aliphatic heterocycles. The quantitative estimate of drug-likeness (QED) is 0.768. The first kappa shape index (κ1) is 17.1. The predicted octanol–water partition coefficient (Wildman–Crippen LogP) is 3.90. The lowest BCUT2D eigenvalue weighted by Gasteiger charge is -2.33. The van der Waals surface area contributed by atoms with Crippen LogP contribution in [0.3, 0.4) is 0 Å². The van der Waals surface area contributed by atoms with Gasteiger partial charge in [0.2, 0.25) is 5.91 Å². The van der Waals surface area contributed by atoms with Gasteiger partial charge in [-0.25, -0.2) is 4.39 Å². The maximum Gasteiger partial charge on any atom is 0.246 e. The molecule has 1 aliphatic rings. The Morgan fingerprint density at radius 3 is 2.67 bits per heavy atom. The summed E-state index contributed by atoms with van der Waals surface area (Å²) in [6, 6.07) is 10.2. The molecule has 0 saturated carbocycles. The maximum atomic E-state index is 13.1. The molecule has 0 N–H and O–H groups in total. The Bertz CT molecular complexity index is 738. The molecule has 24 heavy (non-hydrogen) atoms. The minimum Gasteiger partial charge on any atom is -0.337 e. The standard InChI is InChI=1S/C18H18ClFN2OS/c19-17-6-5-16(24-17)13-21-8-10-22(11-9-21)18(23)7-4-14-2-1-3-15(20)12-14/h1-7,12H,8-11,13H2/b7-4+. The summed E-state index contributed by atoms with van der Waals surface area (Å²) in [5, 5.41) is 0. The van der Waals surface area contributed by atoms with Gasteiger partial charge >= 0.3 is 0 Å². The summed E-state index contributed by atoms with van der Waals surface area (Å²) in [5.41, 5.74) is 0.691. The van der Waals surface area contributed by atoms with Crippen LogP contribution in [0.15, 0.2) is 42.5 Å². The Morgan fingerprint density at radius 2 is 2.00 bits per heavy atom. The Labute approximate surface area is 150 Å². The third kappa shape index (κ3) is 4.66.